The summed E-state index contributed by atoms with van der Waals surface area (Å²) in [7, 11) is 2.13. The van der Waals surface area contributed by atoms with Gasteiger partial charge in [-0.2, -0.15) is 0 Å². The maximum atomic E-state index is 11.8. The highest BCUT2D eigenvalue weighted by Crippen LogP contribution is 2.04. The molecule has 0 heterocycles. The third-order valence-corrected chi connectivity index (χ3v) is 3.76. The molecule has 0 saturated carbocycles. The Bertz CT molecular complexity index is 415. The van der Waals surface area contributed by atoms with E-state index in [4.69, 9.17) is 5.73 Å². The number of nitrogens with two attached hydrogens (primary N) is 1. The quantitative estimate of drug-likeness (QED) is 0.684. The van der Waals surface area contributed by atoms with Crippen LogP contribution in [0.2, 0.25) is 0 Å². The van der Waals surface area contributed by atoms with E-state index < -0.39 is 0 Å². The Labute approximate surface area is 128 Å². The van der Waals surface area contributed by atoms with Gasteiger partial charge in [0.05, 0.1) is 6.42 Å². The standard InChI is InChI=1S/C17H29N3O/c1-14(2)20(3)11-5-4-10-19-17(21)12-15-6-8-16(13-18)9-7-15/h6-9,14H,4-5,10-13,18H2,1-3H3,(H,19,21). The second-order valence-corrected chi connectivity index (χ2v) is 5.83. The first-order chi connectivity index (χ1) is 10.0. The highest BCUT2D eigenvalue weighted by molar-refractivity contribution is 5.78. The number of amides is 1. The molecule has 0 saturated heterocycles. The van der Waals surface area contributed by atoms with Crippen LogP contribution >= 0.6 is 0 Å². The van der Waals surface area contributed by atoms with Crippen LogP contribution in [-0.2, 0) is 17.8 Å². The maximum absolute atomic E-state index is 11.8. The second-order valence-electron chi connectivity index (χ2n) is 5.83. The molecule has 0 spiro atoms. The van der Waals surface area contributed by atoms with Crippen molar-refractivity contribution in [2.75, 3.05) is 20.1 Å². The molecule has 0 unspecified atom stereocenters. The molecule has 1 aromatic rings. The Morgan fingerprint density at radius 2 is 1.81 bits per heavy atom. The summed E-state index contributed by atoms with van der Waals surface area (Å²) in [5.41, 5.74) is 7.68. The van der Waals surface area contributed by atoms with Gasteiger partial charge in [-0.1, -0.05) is 24.3 Å². The van der Waals surface area contributed by atoms with Crippen LogP contribution in [0.3, 0.4) is 0 Å². The van der Waals surface area contributed by atoms with Crippen molar-refractivity contribution in [2.45, 2.75) is 45.7 Å². The van der Waals surface area contributed by atoms with E-state index in [-0.39, 0.29) is 5.91 Å². The number of unbranched alkanes of at least 4 members (excludes halogenated alkanes) is 1. The first kappa shape index (κ1) is 17.7. The van der Waals surface area contributed by atoms with Gasteiger partial charge in [0.1, 0.15) is 0 Å². The molecule has 1 rings (SSSR count). The molecule has 4 heteroatoms. The number of hydrogen-bond acceptors (Lipinski definition) is 3. The van der Waals surface area contributed by atoms with Gasteiger partial charge in [0.25, 0.3) is 0 Å². The first-order valence-corrected chi connectivity index (χ1v) is 7.77. The van der Waals surface area contributed by atoms with Gasteiger partial charge in [-0.3, -0.25) is 4.79 Å². The fourth-order valence-corrected chi connectivity index (χ4v) is 2.01. The van der Waals surface area contributed by atoms with E-state index in [1.165, 1.54) is 0 Å². The normalized spacial score (nSPS) is 11.1. The Kier molecular flexibility index (Phi) is 8.01. The summed E-state index contributed by atoms with van der Waals surface area (Å²) in [6.07, 6.45) is 2.58. The monoisotopic (exact) mass is 291 g/mol. The highest BCUT2D eigenvalue weighted by Gasteiger charge is 2.04. The van der Waals surface area contributed by atoms with Crippen molar-refractivity contribution in [3.63, 3.8) is 0 Å². The van der Waals surface area contributed by atoms with E-state index >= 15 is 0 Å². The molecule has 0 bridgehead atoms. The lowest BCUT2D eigenvalue weighted by Gasteiger charge is -2.20. The average molecular weight is 291 g/mol. The van der Waals surface area contributed by atoms with Crippen LogP contribution in [0, 0.1) is 0 Å². The zero-order valence-electron chi connectivity index (χ0n) is 13.6. The fourth-order valence-electron chi connectivity index (χ4n) is 2.01. The first-order valence-electron chi connectivity index (χ1n) is 7.77. The van der Waals surface area contributed by atoms with Gasteiger partial charge in [-0.05, 0) is 51.4 Å². The third kappa shape index (κ3) is 7.25. The van der Waals surface area contributed by atoms with Gasteiger partial charge >= 0.3 is 0 Å². The summed E-state index contributed by atoms with van der Waals surface area (Å²) in [6, 6.07) is 8.48. The van der Waals surface area contributed by atoms with Crippen LogP contribution in [0.25, 0.3) is 0 Å². The molecule has 0 aromatic heterocycles. The summed E-state index contributed by atoms with van der Waals surface area (Å²) in [4.78, 5) is 14.1. The average Bonchev–Trinajstić information content (AvgIpc) is 2.47. The smallest absolute Gasteiger partial charge is 0.224 e. The highest BCUT2D eigenvalue weighted by atomic mass is 16.1. The lowest BCUT2D eigenvalue weighted by molar-refractivity contribution is -0.120. The van der Waals surface area contributed by atoms with Crippen LogP contribution < -0.4 is 11.1 Å². The molecule has 0 fully saturated rings. The Morgan fingerprint density at radius 1 is 1.19 bits per heavy atom. The molecule has 1 aromatic carbocycles. The number of benzene rings is 1. The minimum absolute atomic E-state index is 0.0905. The molecule has 0 radical (unpaired) electrons. The molecule has 0 aliphatic carbocycles. The molecule has 0 atom stereocenters. The van der Waals surface area contributed by atoms with Gasteiger partial charge in [-0.25, -0.2) is 0 Å². The van der Waals surface area contributed by atoms with E-state index in [2.05, 4.69) is 31.1 Å². The van der Waals surface area contributed by atoms with Crippen molar-refractivity contribution in [1.29, 1.82) is 0 Å². The minimum atomic E-state index is 0.0905. The number of carbonyl (C=O) groups is 1. The van der Waals surface area contributed by atoms with Gasteiger partial charge in [0.2, 0.25) is 5.91 Å². The van der Waals surface area contributed by atoms with E-state index in [9.17, 15) is 4.79 Å². The molecular formula is C17H29N3O. The Hall–Kier alpha value is -1.39. The van der Waals surface area contributed by atoms with Gasteiger partial charge in [0, 0.05) is 19.1 Å². The van der Waals surface area contributed by atoms with E-state index in [1.807, 2.05) is 24.3 Å². The molecule has 4 nitrogen and oxygen atoms in total. The summed E-state index contributed by atoms with van der Waals surface area (Å²) < 4.78 is 0. The lowest BCUT2D eigenvalue weighted by atomic mass is 10.1. The third-order valence-electron chi connectivity index (χ3n) is 3.76. The number of hydrogen-bond donors (Lipinski definition) is 2. The van der Waals surface area contributed by atoms with Crippen LogP contribution in [0.4, 0.5) is 0 Å². The number of nitrogens with zero attached hydrogens (tertiary/aromatic N) is 1. The zero-order valence-corrected chi connectivity index (χ0v) is 13.6. The molecule has 3 N–H and O–H groups in total. The summed E-state index contributed by atoms with van der Waals surface area (Å²) >= 11 is 0. The van der Waals surface area contributed by atoms with Gasteiger partial charge in [-0.15, -0.1) is 0 Å². The van der Waals surface area contributed by atoms with Crippen molar-refractivity contribution in [3.05, 3.63) is 35.4 Å². The Balaban J connectivity index is 2.16. The molecular weight excluding hydrogens is 262 g/mol. The number of carbonyl (C=O) groups excluding carboxylic acids is 1. The van der Waals surface area contributed by atoms with E-state index in [1.54, 1.807) is 0 Å². The SMILES string of the molecule is CC(C)N(C)CCCCNC(=O)Cc1ccc(CN)cc1. The van der Waals surface area contributed by atoms with Crippen LogP contribution in [-0.4, -0.2) is 37.0 Å². The summed E-state index contributed by atoms with van der Waals surface area (Å²) in [5.74, 6) is 0.0905. The fraction of sp³-hybridized carbons (Fsp3) is 0.588. The van der Waals surface area contributed by atoms with E-state index in [0.29, 0.717) is 19.0 Å². The van der Waals surface area contributed by atoms with Crippen molar-refractivity contribution in [1.82, 2.24) is 10.2 Å². The number of rotatable bonds is 9. The van der Waals surface area contributed by atoms with Crippen molar-refractivity contribution in [2.24, 2.45) is 5.73 Å². The van der Waals surface area contributed by atoms with Crippen LogP contribution in [0.15, 0.2) is 24.3 Å². The maximum Gasteiger partial charge on any atom is 0.224 e. The molecule has 1 amide bonds. The van der Waals surface area contributed by atoms with Gasteiger partial charge < -0.3 is 16.0 Å². The van der Waals surface area contributed by atoms with Crippen molar-refractivity contribution < 1.29 is 4.79 Å². The Morgan fingerprint density at radius 3 is 2.38 bits per heavy atom. The molecule has 0 aliphatic rings. The van der Waals surface area contributed by atoms with E-state index in [0.717, 1.165) is 37.1 Å². The van der Waals surface area contributed by atoms with Gasteiger partial charge in [0.15, 0.2) is 0 Å². The second kappa shape index (κ2) is 9.53. The predicted molar refractivity (Wildman–Crippen MR) is 88.0 cm³/mol. The summed E-state index contributed by atoms with van der Waals surface area (Å²) in [6.45, 7) is 6.76. The van der Waals surface area contributed by atoms with Crippen LogP contribution in [0.1, 0.15) is 37.8 Å². The molecule has 0 aliphatic heterocycles. The molecule has 118 valence electrons. The topological polar surface area (TPSA) is 58.4 Å². The minimum Gasteiger partial charge on any atom is -0.356 e. The van der Waals surface area contributed by atoms with Crippen LogP contribution in [0.5, 0.6) is 0 Å². The number of nitrogens with one attached hydrogen (secondary N) is 1. The summed E-state index contributed by atoms with van der Waals surface area (Å²) in [5, 5.41) is 2.98. The van der Waals surface area contributed by atoms with Crippen molar-refractivity contribution >= 4 is 5.91 Å². The lowest BCUT2D eigenvalue weighted by Crippen LogP contribution is -2.29. The predicted octanol–water partition coefficient (Wildman–Crippen LogP) is 1.92. The largest absolute Gasteiger partial charge is 0.356 e. The zero-order chi connectivity index (χ0) is 15.7. The van der Waals surface area contributed by atoms with Crippen molar-refractivity contribution in [3.8, 4) is 0 Å². The molecule has 21 heavy (non-hydrogen) atoms.